The summed E-state index contributed by atoms with van der Waals surface area (Å²) in [5.74, 6) is 2.89. The van der Waals surface area contributed by atoms with Gasteiger partial charge >= 0.3 is 0 Å². The van der Waals surface area contributed by atoms with Crippen LogP contribution < -0.4 is 23.7 Å². The molecule has 10 heteroatoms. The molecule has 0 aliphatic rings. The van der Waals surface area contributed by atoms with E-state index in [1.807, 2.05) is 18.2 Å². The molecule has 0 radical (unpaired) electrons. The van der Waals surface area contributed by atoms with Gasteiger partial charge in [-0.1, -0.05) is 15.9 Å². The van der Waals surface area contributed by atoms with Crippen LogP contribution in [0.5, 0.6) is 34.5 Å². The lowest BCUT2D eigenvalue weighted by Crippen LogP contribution is -2.05. The highest BCUT2D eigenvalue weighted by atomic mass is 79.9. The van der Waals surface area contributed by atoms with Gasteiger partial charge in [0.15, 0.2) is 34.5 Å². The van der Waals surface area contributed by atoms with Gasteiger partial charge in [-0.2, -0.15) is 0 Å². The van der Waals surface area contributed by atoms with Crippen molar-refractivity contribution < 1.29 is 28.8 Å². The maximum atomic E-state index is 10.1. The highest BCUT2D eigenvalue weighted by Crippen LogP contribution is 2.46. The van der Waals surface area contributed by atoms with E-state index in [4.69, 9.17) is 23.7 Å². The summed E-state index contributed by atoms with van der Waals surface area (Å²) in [5, 5.41) is 10.1. The van der Waals surface area contributed by atoms with Crippen LogP contribution in [0, 0.1) is 0 Å². The summed E-state index contributed by atoms with van der Waals surface area (Å²) < 4.78 is 30.8. The number of phenolic OH excluding ortho intramolecular Hbond substituents is 1. The summed E-state index contributed by atoms with van der Waals surface area (Å²) in [6, 6.07) is 7.36. The van der Waals surface area contributed by atoms with Crippen LogP contribution in [0.2, 0.25) is 0 Å². The van der Waals surface area contributed by atoms with Gasteiger partial charge in [0.25, 0.3) is 0 Å². The maximum Gasteiger partial charge on any atom is 0.176 e. The molecule has 35 heavy (non-hydrogen) atoms. The van der Waals surface area contributed by atoms with Crippen molar-refractivity contribution in [2.75, 3.05) is 35.5 Å². The van der Waals surface area contributed by atoms with Gasteiger partial charge in [-0.15, -0.1) is 0 Å². The van der Waals surface area contributed by atoms with E-state index in [2.05, 4.69) is 63.7 Å². The molecule has 0 atom stereocenters. The van der Waals surface area contributed by atoms with E-state index in [9.17, 15) is 5.11 Å². The van der Waals surface area contributed by atoms with E-state index in [0.29, 0.717) is 41.6 Å². The Morgan fingerprint density at radius 2 is 1.09 bits per heavy atom. The molecule has 6 nitrogen and oxygen atoms in total. The third-order valence-corrected chi connectivity index (χ3v) is 9.30. The van der Waals surface area contributed by atoms with E-state index in [0.717, 1.165) is 40.1 Å². The third-order valence-electron chi connectivity index (χ3n) is 5.53. The number of ether oxygens (including phenoxy) is 5. The molecule has 0 saturated carbocycles. The minimum absolute atomic E-state index is 0.0657. The standard InChI is InChI=1S/C25H24Br4O6/c1-31-18-9-13(16(26)11-17(18)30)6-12-8-19(32-2)24(34-4)22(28)15(12)7-14-10-20(33-3)25(35-5)23(29)21(14)27/h8-11,30H,6-7H2,1-5H3. The van der Waals surface area contributed by atoms with Crippen LogP contribution in [0.4, 0.5) is 0 Å². The Morgan fingerprint density at radius 1 is 0.571 bits per heavy atom. The second-order valence-electron chi connectivity index (χ2n) is 7.43. The van der Waals surface area contributed by atoms with Crippen molar-refractivity contribution in [3.63, 3.8) is 0 Å². The first-order valence-corrected chi connectivity index (χ1v) is 13.4. The number of hydrogen-bond donors (Lipinski definition) is 1. The molecule has 3 aromatic carbocycles. The van der Waals surface area contributed by atoms with Crippen LogP contribution in [0.3, 0.4) is 0 Å². The molecule has 0 aromatic heterocycles. The molecule has 1 N–H and O–H groups in total. The summed E-state index contributed by atoms with van der Waals surface area (Å²) in [5.41, 5.74) is 3.92. The lowest BCUT2D eigenvalue weighted by atomic mass is 9.94. The van der Waals surface area contributed by atoms with Crippen LogP contribution >= 0.6 is 63.7 Å². The van der Waals surface area contributed by atoms with Crippen molar-refractivity contribution >= 4 is 63.7 Å². The van der Waals surface area contributed by atoms with Crippen LogP contribution in [-0.2, 0) is 12.8 Å². The molecular weight excluding hydrogens is 716 g/mol. The quantitative estimate of drug-likeness (QED) is 0.243. The number of methoxy groups -OCH3 is 5. The Labute approximate surface area is 238 Å². The predicted molar refractivity (Wildman–Crippen MR) is 150 cm³/mol. The normalized spacial score (nSPS) is 10.8. The zero-order valence-corrected chi connectivity index (χ0v) is 26.1. The van der Waals surface area contributed by atoms with E-state index < -0.39 is 0 Å². The number of benzene rings is 3. The van der Waals surface area contributed by atoms with Crippen molar-refractivity contribution in [3.8, 4) is 34.5 Å². The Kier molecular flexibility index (Phi) is 9.65. The molecule has 188 valence electrons. The fourth-order valence-corrected chi connectivity index (χ4v) is 6.04. The SMILES string of the molecule is COc1cc(Cc2cc(OC)c(OC)c(Br)c2Cc2cc(OC)c(OC)c(Br)c2Br)c(Br)cc1O. The summed E-state index contributed by atoms with van der Waals surface area (Å²) in [6.45, 7) is 0. The molecule has 0 spiro atoms. The first kappa shape index (κ1) is 28.0. The number of rotatable bonds is 9. The van der Waals surface area contributed by atoms with Gasteiger partial charge in [-0.3, -0.25) is 0 Å². The Bertz CT molecular complexity index is 1250. The molecule has 0 heterocycles. The van der Waals surface area contributed by atoms with Crippen LogP contribution in [0.25, 0.3) is 0 Å². The van der Waals surface area contributed by atoms with Crippen molar-refractivity contribution in [1.29, 1.82) is 0 Å². The zero-order valence-electron chi connectivity index (χ0n) is 19.7. The minimum Gasteiger partial charge on any atom is -0.504 e. The maximum absolute atomic E-state index is 10.1. The number of aromatic hydroxyl groups is 1. The summed E-state index contributed by atoms with van der Waals surface area (Å²) in [6.07, 6.45) is 1.08. The lowest BCUT2D eigenvalue weighted by Gasteiger charge is -2.20. The van der Waals surface area contributed by atoms with Gasteiger partial charge in [0.2, 0.25) is 0 Å². The molecule has 0 unspecified atom stereocenters. The van der Waals surface area contributed by atoms with Gasteiger partial charge in [-0.05, 0) is 101 Å². The number of phenols is 1. The average Bonchev–Trinajstić information content (AvgIpc) is 2.84. The number of halogens is 4. The Morgan fingerprint density at radius 3 is 1.63 bits per heavy atom. The fourth-order valence-electron chi connectivity index (χ4n) is 3.77. The molecule has 0 amide bonds. The lowest BCUT2D eigenvalue weighted by molar-refractivity contribution is 0.351. The van der Waals surface area contributed by atoms with Gasteiger partial charge in [0.1, 0.15) is 0 Å². The first-order chi connectivity index (χ1) is 16.7. The molecule has 3 aromatic rings. The first-order valence-electron chi connectivity index (χ1n) is 10.3. The van der Waals surface area contributed by atoms with Gasteiger partial charge in [0.05, 0.1) is 44.5 Å². The summed E-state index contributed by atoms with van der Waals surface area (Å²) >= 11 is 14.6. The van der Waals surface area contributed by atoms with E-state index in [-0.39, 0.29) is 5.75 Å². The molecule has 0 saturated heterocycles. The monoisotopic (exact) mass is 736 g/mol. The van der Waals surface area contributed by atoms with Crippen molar-refractivity contribution in [2.24, 2.45) is 0 Å². The summed E-state index contributed by atoms with van der Waals surface area (Å²) in [4.78, 5) is 0. The Balaban J connectivity index is 2.21. The highest BCUT2D eigenvalue weighted by molar-refractivity contribution is 9.13. The number of hydrogen-bond acceptors (Lipinski definition) is 6. The largest absolute Gasteiger partial charge is 0.504 e. The molecule has 0 aliphatic carbocycles. The van der Waals surface area contributed by atoms with Crippen molar-refractivity contribution in [1.82, 2.24) is 0 Å². The highest BCUT2D eigenvalue weighted by Gasteiger charge is 2.23. The molecule has 0 bridgehead atoms. The predicted octanol–water partition coefficient (Wildman–Crippen LogP) is 7.67. The van der Waals surface area contributed by atoms with Gasteiger partial charge < -0.3 is 28.8 Å². The van der Waals surface area contributed by atoms with E-state index in [1.165, 1.54) is 7.11 Å². The topological polar surface area (TPSA) is 66.4 Å². The zero-order chi connectivity index (χ0) is 25.9. The van der Waals surface area contributed by atoms with Crippen LogP contribution in [0.15, 0.2) is 42.2 Å². The van der Waals surface area contributed by atoms with Crippen molar-refractivity contribution in [3.05, 3.63) is 64.4 Å². The van der Waals surface area contributed by atoms with Crippen molar-refractivity contribution in [2.45, 2.75) is 12.8 Å². The third kappa shape index (κ3) is 5.70. The second-order valence-corrected chi connectivity index (χ2v) is 10.7. The molecule has 3 rings (SSSR count). The van der Waals surface area contributed by atoms with E-state index in [1.54, 1.807) is 34.5 Å². The Hall–Kier alpha value is -1.62. The molecular formula is C25H24Br4O6. The van der Waals surface area contributed by atoms with Gasteiger partial charge in [-0.25, -0.2) is 0 Å². The molecule has 0 fully saturated rings. The van der Waals surface area contributed by atoms with Crippen LogP contribution in [-0.4, -0.2) is 40.7 Å². The van der Waals surface area contributed by atoms with E-state index >= 15 is 0 Å². The van der Waals surface area contributed by atoms with Crippen LogP contribution in [0.1, 0.15) is 22.3 Å². The van der Waals surface area contributed by atoms with Gasteiger partial charge in [0, 0.05) is 15.4 Å². The fraction of sp³-hybridized carbons (Fsp3) is 0.280. The summed E-state index contributed by atoms with van der Waals surface area (Å²) in [7, 11) is 7.94. The minimum atomic E-state index is 0.0657. The second kappa shape index (κ2) is 12.1. The average molecular weight is 740 g/mol. The smallest absolute Gasteiger partial charge is 0.176 e. The molecule has 0 aliphatic heterocycles.